The molecule has 23 heavy (non-hydrogen) atoms. The Morgan fingerprint density at radius 1 is 1.22 bits per heavy atom. The maximum absolute atomic E-state index is 11.1. The van der Waals surface area contributed by atoms with Crippen LogP contribution in [0.2, 0.25) is 0 Å². The Hall–Kier alpha value is -2.28. The third kappa shape index (κ3) is 4.59. The maximum atomic E-state index is 11.1. The van der Waals surface area contributed by atoms with Crippen molar-refractivity contribution >= 4 is 16.9 Å². The fourth-order valence-electron chi connectivity index (χ4n) is 2.84. The number of rotatable bonds is 9. The summed E-state index contributed by atoms with van der Waals surface area (Å²) >= 11 is 0. The molecular formula is C19H24N2O2. The van der Waals surface area contributed by atoms with E-state index in [4.69, 9.17) is 11.5 Å². The molecule has 1 N–H and O–H groups in total. The standard InChI is InChI=1S/C19H24N2O2/c1-3-4-5-6-7-8-9-10-13-21-18-14-16(19(22)23)11-12-17(18)15(2)20-21/h1,11-12,14H,4-10,13H2,2H3,(H,22,23). The summed E-state index contributed by atoms with van der Waals surface area (Å²) in [6.45, 7) is 2.79. The third-order valence-corrected chi connectivity index (χ3v) is 4.12. The van der Waals surface area contributed by atoms with Crippen LogP contribution in [0.15, 0.2) is 18.2 Å². The fourth-order valence-corrected chi connectivity index (χ4v) is 2.84. The van der Waals surface area contributed by atoms with Crippen LogP contribution in [0.25, 0.3) is 10.9 Å². The summed E-state index contributed by atoms with van der Waals surface area (Å²) in [4.78, 5) is 11.1. The van der Waals surface area contributed by atoms with Crippen molar-refractivity contribution in [1.29, 1.82) is 0 Å². The Morgan fingerprint density at radius 2 is 1.91 bits per heavy atom. The number of carboxylic acids is 1. The van der Waals surface area contributed by atoms with Gasteiger partial charge in [-0.15, -0.1) is 12.3 Å². The molecule has 1 aromatic heterocycles. The molecule has 0 bridgehead atoms. The van der Waals surface area contributed by atoms with Crippen LogP contribution in [-0.2, 0) is 6.54 Å². The van der Waals surface area contributed by atoms with Gasteiger partial charge in [-0.2, -0.15) is 5.10 Å². The molecule has 2 rings (SSSR count). The largest absolute Gasteiger partial charge is 0.478 e. The summed E-state index contributed by atoms with van der Waals surface area (Å²) in [6.07, 6.45) is 13.1. The summed E-state index contributed by atoms with van der Waals surface area (Å²) < 4.78 is 1.94. The fraction of sp³-hybridized carbons (Fsp3) is 0.474. The molecule has 1 heterocycles. The average Bonchev–Trinajstić information content (AvgIpc) is 2.86. The van der Waals surface area contributed by atoms with Crippen molar-refractivity contribution in [2.75, 3.05) is 0 Å². The molecule has 0 aliphatic carbocycles. The van der Waals surface area contributed by atoms with E-state index in [1.807, 2.05) is 17.7 Å². The zero-order valence-electron chi connectivity index (χ0n) is 13.7. The second-order valence-corrected chi connectivity index (χ2v) is 5.92. The first-order valence-electron chi connectivity index (χ1n) is 8.27. The van der Waals surface area contributed by atoms with Crippen molar-refractivity contribution in [2.45, 2.75) is 58.4 Å². The van der Waals surface area contributed by atoms with Gasteiger partial charge in [-0.05, 0) is 31.9 Å². The summed E-state index contributed by atoms with van der Waals surface area (Å²) in [5.74, 6) is 1.77. The van der Waals surface area contributed by atoms with Gasteiger partial charge in [0.05, 0.1) is 16.8 Å². The van der Waals surface area contributed by atoms with Crippen LogP contribution in [0.4, 0.5) is 0 Å². The summed E-state index contributed by atoms with van der Waals surface area (Å²) in [5.41, 5.74) is 2.18. The summed E-state index contributed by atoms with van der Waals surface area (Å²) in [6, 6.07) is 5.21. The molecule has 1 aromatic carbocycles. The zero-order valence-corrected chi connectivity index (χ0v) is 13.7. The molecule has 0 aliphatic heterocycles. The van der Waals surface area contributed by atoms with E-state index in [2.05, 4.69) is 11.0 Å². The topological polar surface area (TPSA) is 55.1 Å². The SMILES string of the molecule is C#CCCCCCCCCn1nc(C)c2ccc(C(=O)O)cc21. The van der Waals surface area contributed by atoms with E-state index in [1.54, 1.807) is 12.1 Å². The van der Waals surface area contributed by atoms with Gasteiger partial charge >= 0.3 is 5.97 Å². The van der Waals surface area contributed by atoms with Gasteiger partial charge in [0.25, 0.3) is 0 Å². The van der Waals surface area contributed by atoms with Gasteiger partial charge < -0.3 is 5.11 Å². The van der Waals surface area contributed by atoms with Crippen LogP contribution in [0.3, 0.4) is 0 Å². The molecule has 4 heteroatoms. The van der Waals surface area contributed by atoms with Crippen LogP contribution in [0.1, 0.15) is 61.0 Å². The van der Waals surface area contributed by atoms with E-state index in [0.717, 1.165) is 48.8 Å². The highest BCUT2D eigenvalue weighted by atomic mass is 16.4. The molecule has 0 saturated heterocycles. The number of hydrogen-bond acceptors (Lipinski definition) is 2. The lowest BCUT2D eigenvalue weighted by atomic mass is 10.1. The number of nitrogens with zero attached hydrogens (tertiary/aromatic N) is 2. The number of aromatic nitrogens is 2. The van der Waals surface area contributed by atoms with Crippen LogP contribution < -0.4 is 0 Å². The van der Waals surface area contributed by atoms with Crippen LogP contribution in [0.5, 0.6) is 0 Å². The van der Waals surface area contributed by atoms with Gasteiger partial charge in [-0.25, -0.2) is 4.79 Å². The number of terminal acetylenes is 1. The van der Waals surface area contributed by atoms with Gasteiger partial charge in [0.2, 0.25) is 0 Å². The molecule has 0 unspecified atom stereocenters. The van der Waals surface area contributed by atoms with E-state index < -0.39 is 5.97 Å². The van der Waals surface area contributed by atoms with Crippen molar-refractivity contribution in [3.05, 3.63) is 29.5 Å². The van der Waals surface area contributed by atoms with Crippen molar-refractivity contribution in [1.82, 2.24) is 9.78 Å². The smallest absolute Gasteiger partial charge is 0.335 e. The van der Waals surface area contributed by atoms with Crippen molar-refractivity contribution < 1.29 is 9.90 Å². The monoisotopic (exact) mass is 312 g/mol. The molecule has 122 valence electrons. The molecule has 0 fully saturated rings. The predicted molar refractivity (Wildman–Crippen MR) is 92.6 cm³/mol. The molecule has 0 saturated carbocycles. The number of carboxylic acid groups (broad SMARTS) is 1. The number of aryl methyl sites for hydroxylation is 2. The quantitative estimate of drug-likeness (QED) is 0.551. The molecule has 0 aliphatic rings. The number of benzene rings is 1. The summed E-state index contributed by atoms with van der Waals surface area (Å²) in [7, 11) is 0. The van der Waals surface area contributed by atoms with Crippen LogP contribution in [0, 0.1) is 19.3 Å². The highest BCUT2D eigenvalue weighted by Crippen LogP contribution is 2.20. The van der Waals surface area contributed by atoms with E-state index in [-0.39, 0.29) is 0 Å². The maximum Gasteiger partial charge on any atom is 0.335 e. The molecule has 0 atom stereocenters. The second-order valence-electron chi connectivity index (χ2n) is 5.92. The molecular weight excluding hydrogens is 288 g/mol. The third-order valence-electron chi connectivity index (χ3n) is 4.12. The molecule has 2 aromatic rings. The van der Waals surface area contributed by atoms with Crippen molar-refractivity contribution in [2.24, 2.45) is 0 Å². The van der Waals surface area contributed by atoms with Gasteiger partial charge in [-0.3, -0.25) is 4.68 Å². The van der Waals surface area contributed by atoms with E-state index in [0.29, 0.717) is 5.56 Å². The average molecular weight is 312 g/mol. The first-order chi connectivity index (χ1) is 11.1. The Kier molecular flexibility index (Phi) is 6.22. The first kappa shape index (κ1) is 17.1. The minimum atomic E-state index is -0.899. The normalized spacial score (nSPS) is 10.8. The van der Waals surface area contributed by atoms with E-state index in [9.17, 15) is 4.79 Å². The predicted octanol–water partition coefficient (Wildman–Crippen LogP) is 4.41. The Morgan fingerprint density at radius 3 is 2.61 bits per heavy atom. The van der Waals surface area contributed by atoms with Gasteiger partial charge in [-0.1, -0.05) is 31.7 Å². The molecule has 0 radical (unpaired) electrons. The molecule has 4 nitrogen and oxygen atoms in total. The Labute approximate surface area is 137 Å². The number of aromatic carboxylic acids is 1. The highest BCUT2D eigenvalue weighted by Gasteiger charge is 2.10. The molecule has 0 spiro atoms. The number of unbranched alkanes of at least 4 members (excludes halogenated alkanes) is 6. The van der Waals surface area contributed by atoms with Gasteiger partial charge in [0.1, 0.15) is 0 Å². The van der Waals surface area contributed by atoms with Gasteiger partial charge in [0.15, 0.2) is 0 Å². The first-order valence-corrected chi connectivity index (χ1v) is 8.27. The summed E-state index contributed by atoms with van der Waals surface area (Å²) in [5, 5.41) is 14.7. The van der Waals surface area contributed by atoms with Crippen molar-refractivity contribution in [3.63, 3.8) is 0 Å². The zero-order chi connectivity index (χ0) is 16.7. The minimum Gasteiger partial charge on any atom is -0.478 e. The lowest BCUT2D eigenvalue weighted by molar-refractivity contribution is 0.0697. The lowest BCUT2D eigenvalue weighted by Gasteiger charge is -2.04. The number of hydrogen-bond donors (Lipinski definition) is 1. The Bertz CT molecular complexity index is 710. The van der Waals surface area contributed by atoms with Crippen molar-refractivity contribution in [3.8, 4) is 12.3 Å². The highest BCUT2D eigenvalue weighted by molar-refractivity contribution is 5.93. The van der Waals surface area contributed by atoms with Crippen LogP contribution in [-0.4, -0.2) is 20.9 Å². The van der Waals surface area contributed by atoms with E-state index >= 15 is 0 Å². The van der Waals surface area contributed by atoms with Gasteiger partial charge in [0, 0.05) is 18.4 Å². The number of fused-ring (bicyclic) bond motifs is 1. The lowest BCUT2D eigenvalue weighted by Crippen LogP contribution is -2.02. The van der Waals surface area contributed by atoms with E-state index in [1.165, 1.54) is 19.3 Å². The minimum absolute atomic E-state index is 0.312. The Balaban J connectivity index is 1.89. The second kappa shape index (κ2) is 8.38. The molecule has 0 amide bonds. The number of carbonyl (C=O) groups is 1. The van der Waals surface area contributed by atoms with Crippen LogP contribution >= 0.6 is 0 Å².